The number of aryl methyl sites for hydroxylation is 3. The van der Waals surface area contributed by atoms with Gasteiger partial charge in [0.1, 0.15) is 5.75 Å². The van der Waals surface area contributed by atoms with Crippen molar-refractivity contribution in [2.75, 3.05) is 12.4 Å². The number of thioether (sulfide) groups is 1. The number of hydrogen-bond donors (Lipinski definition) is 0. The van der Waals surface area contributed by atoms with Crippen LogP contribution >= 0.6 is 11.8 Å². The molecular weight excluding hydrogens is 244 g/mol. The first kappa shape index (κ1) is 13.0. The van der Waals surface area contributed by atoms with E-state index in [1.807, 2.05) is 24.0 Å². The molecule has 2 rings (SSSR count). The second-order valence-electron chi connectivity index (χ2n) is 4.34. The molecule has 0 bridgehead atoms. The molecule has 0 unspecified atom stereocenters. The molecule has 2 aromatic rings. The van der Waals surface area contributed by atoms with E-state index in [0.29, 0.717) is 6.61 Å². The second kappa shape index (κ2) is 5.96. The Morgan fingerprint density at radius 1 is 1.22 bits per heavy atom. The molecule has 0 saturated carbocycles. The molecule has 0 aliphatic carbocycles. The van der Waals surface area contributed by atoms with E-state index < -0.39 is 0 Å². The lowest BCUT2D eigenvalue weighted by molar-refractivity contribution is 0.343. The highest BCUT2D eigenvalue weighted by Gasteiger charge is 2.01. The average molecular weight is 262 g/mol. The third kappa shape index (κ3) is 3.53. The number of imidazole rings is 1. The molecule has 0 atom stereocenters. The third-order valence-corrected chi connectivity index (χ3v) is 3.58. The first-order valence-corrected chi connectivity index (χ1v) is 6.95. The Balaban J connectivity index is 1.80. The Bertz CT molecular complexity index is 502. The Hall–Kier alpha value is -1.42. The minimum atomic E-state index is 0.695. The minimum Gasteiger partial charge on any atom is -0.493 e. The Morgan fingerprint density at radius 2 is 1.94 bits per heavy atom. The zero-order chi connectivity index (χ0) is 13.0. The van der Waals surface area contributed by atoms with Crippen molar-refractivity contribution in [2.45, 2.75) is 19.0 Å². The molecule has 1 heterocycles. The van der Waals surface area contributed by atoms with Crippen molar-refractivity contribution in [3.63, 3.8) is 0 Å². The van der Waals surface area contributed by atoms with Gasteiger partial charge in [0, 0.05) is 25.2 Å². The molecule has 1 aromatic carbocycles. The number of rotatable bonds is 5. The molecule has 0 N–H and O–H groups in total. The van der Waals surface area contributed by atoms with Gasteiger partial charge in [-0.3, -0.25) is 0 Å². The summed E-state index contributed by atoms with van der Waals surface area (Å²) in [7, 11) is 2.00. The highest BCUT2D eigenvalue weighted by atomic mass is 32.2. The van der Waals surface area contributed by atoms with E-state index in [9.17, 15) is 0 Å². The number of nitrogens with zero attached hydrogens (tertiary/aromatic N) is 2. The summed E-state index contributed by atoms with van der Waals surface area (Å²) >= 11 is 1.71. The molecule has 0 amide bonds. The van der Waals surface area contributed by atoms with Gasteiger partial charge >= 0.3 is 0 Å². The van der Waals surface area contributed by atoms with Crippen molar-refractivity contribution >= 4 is 11.8 Å². The van der Waals surface area contributed by atoms with Gasteiger partial charge in [0.2, 0.25) is 0 Å². The van der Waals surface area contributed by atoms with Gasteiger partial charge in [-0.1, -0.05) is 17.8 Å². The van der Waals surface area contributed by atoms with Crippen molar-refractivity contribution in [1.29, 1.82) is 0 Å². The van der Waals surface area contributed by atoms with Gasteiger partial charge in [0.15, 0.2) is 5.16 Å². The van der Waals surface area contributed by atoms with E-state index in [1.54, 1.807) is 11.8 Å². The van der Waals surface area contributed by atoms with Crippen LogP contribution in [-0.2, 0) is 7.05 Å². The van der Waals surface area contributed by atoms with Crippen LogP contribution in [0.4, 0.5) is 0 Å². The summed E-state index contributed by atoms with van der Waals surface area (Å²) in [5.41, 5.74) is 2.48. The van der Waals surface area contributed by atoms with Crippen LogP contribution < -0.4 is 4.74 Å². The predicted molar refractivity (Wildman–Crippen MR) is 75.3 cm³/mol. The van der Waals surface area contributed by atoms with Gasteiger partial charge in [0.25, 0.3) is 0 Å². The van der Waals surface area contributed by atoms with E-state index >= 15 is 0 Å². The average Bonchev–Trinajstić information content (AvgIpc) is 2.69. The number of aromatic nitrogens is 2. The summed E-state index contributed by atoms with van der Waals surface area (Å²) < 4.78 is 7.76. The number of ether oxygens (including phenoxy) is 1. The Kier molecular flexibility index (Phi) is 4.31. The van der Waals surface area contributed by atoms with Gasteiger partial charge in [0.05, 0.1) is 6.61 Å². The number of benzene rings is 1. The topological polar surface area (TPSA) is 27.1 Å². The fourth-order valence-corrected chi connectivity index (χ4v) is 2.55. The van der Waals surface area contributed by atoms with Crippen molar-refractivity contribution in [3.05, 3.63) is 41.7 Å². The highest BCUT2D eigenvalue weighted by Crippen LogP contribution is 2.18. The molecule has 0 fully saturated rings. The first-order valence-electron chi connectivity index (χ1n) is 5.96. The van der Waals surface area contributed by atoms with Crippen LogP contribution in [0.1, 0.15) is 11.1 Å². The van der Waals surface area contributed by atoms with Crippen molar-refractivity contribution in [3.8, 4) is 5.75 Å². The SMILES string of the molecule is Cc1cc(C)cc(OCCSc2nccn2C)c1. The zero-order valence-corrected chi connectivity index (χ0v) is 11.8. The van der Waals surface area contributed by atoms with Crippen LogP contribution in [0.5, 0.6) is 5.75 Å². The Morgan fingerprint density at radius 3 is 2.56 bits per heavy atom. The molecule has 3 nitrogen and oxygen atoms in total. The fourth-order valence-electron chi connectivity index (χ4n) is 1.80. The zero-order valence-electron chi connectivity index (χ0n) is 11.0. The van der Waals surface area contributed by atoms with Crippen LogP contribution in [0.3, 0.4) is 0 Å². The highest BCUT2D eigenvalue weighted by molar-refractivity contribution is 7.99. The van der Waals surface area contributed by atoms with Crippen LogP contribution in [-0.4, -0.2) is 21.9 Å². The summed E-state index contributed by atoms with van der Waals surface area (Å²) in [5.74, 6) is 1.85. The van der Waals surface area contributed by atoms with Crippen molar-refractivity contribution in [2.24, 2.45) is 7.05 Å². The lowest BCUT2D eigenvalue weighted by Crippen LogP contribution is -2.02. The molecular formula is C14H18N2OS. The monoisotopic (exact) mass is 262 g/mol. The molecule has 4 heteroatoms. The van der Waals surface area contributed by atoms with Crippen LogP contribution in [0, 0.1) is 13.8 Å². The van der Waals surface area contributed by atoms with Gasteiger partial charge in [-0.15, -0.1) is 0 Å². The fraction of sp³-hybridized carbons (Fsp3) is 0.357. The molecule has 96 valence electrons. The van der Waals surface area contributed by atoms with E-state index in [-0.39, 0.29) is 0 Å². The van der Waals surface area contributed by atoms with E-state index in [0.717, 1.165) is 16.7 Å². The van der Waals surface area contributed by atoms with Crippen LogP contribution in [0.15, 0.2) is 35.7 Å². The van der Waals surface area contributed by atoms with Crippen molar-refractivity contribution in [1.82, 2.24) is 9.55 Å². The molecule has 0 aliphatic heterocycles. The summed E-state index contributed by atoms with van der Waals surface area (Å²) in [6.45, 7) is 4.87. The van der Waals surface area contributed by atoms with E-state index in [1.165, 1.54) is 11.1 Å². The van der Waals surface area contributed by atoms with Crippen LogP contribution in [0.2, 0.25) is 0 Å². The summed E-state index contributed by atoms with van der Waals surface area (Å²) in [6.07, 6.45) is 3.76. The molecule has 0 aliphatic rings. The van der Waals surface area contributed by atoms with E-state index in [4.69, 9.17) is 4.74 Å². The largest absolute Gasteiger partial charge is 0.493 e. The maximum atomic E-state index is 5.75. The van der Waals surface area contributed by atoms with E-state index in [2.05, 4.69) is 37.0 Å². The summed E-state index contributed by atoms with van der Waals surface area (Å²) in [6, 6.07) is 6.28. The van der Waals surface area contributed by atoms with Gasteiger partial charge in [-0.05, 0) is 37.1 Å². The minimum absolute atomic E-state index is 0.695. The maximum Gasteiger partial charge on any atom is 0.167 e. The van der Waals surface area contributed by atoms with Crippen LogP contribution in [0.25, 0.3) is 0 Å². The molecule has 1 aromatic heterocycles. The smallest absolute Gasteiger partial charge is 0.167 e. The van der Waals surface area contributed by atoms with Gasteiger partial charge in [-0.2, -0.15) is 0 Å². The summed E-state index contributed by atoms with van der Waals surface area (Å²) in [4.78, 5) is 4.26. The van der Waals surface area contributed by atoms with Gasteiger partial charge in [-0.25, -0.2) is 4.98 Å². The molecule has 18 heavy (non-hydrogen) atoms. The molecule has 0 radical (unpaired) electrons. The Labute approximate surface area is 112 Å². The lowest BCUT2D eigenvalue weighted by atomic mass is 10.1. The maximum absolute atomic E-state index is 5.75. The predicted octanol–water partition coefficient (Wildman–Crippen LogP) is 3.21. The van der Waals surface area contributed by atoms with Crippen molar-refractivity contribution < 1.29 is 4.74 Å². The summed E-state index contributed by atoms with van der Waals surface area (Å²) in [5, 5.41) is 1.03. The second-order valence-corrected chi connectivity index (χ2v) is 5.40. The normalized spacial score (nSPS) is 10.6. The lowest BCUT2D eigenvalue weighted by Gasteiger charge is -2.08. The quantitative estimate of drug-likeness (QED) is 0.611. The number of hydrogen-bond acceptors (Lipinski definition) is 3. The molecule has 0 saturated heterocycles. The third-order valence-electron chi connectivity index (χ3n) is 2.56. The molecule has 0 spiro atoms. The van der Waals surface area contributed by atoms with Gasteiger partial charge < -0.3 is 9.30 Å². The first-order chi connectivity index (χ1) is 8.65. The standard InChI is InChI=1S/C14H18N2OS/c1-11-8-12(2)10-13(9-11)17-6-7-18-14-15-4-5-16(14)3/h4-5,8-10H,6-7H2,1-3H3.